The van der Waals surface area contributed by atoms with E-state index in [-0.39, 0.29) is 31.4 Å². The number of aryl methyl sites for hydroxylation is 1. The van der Waals surface area contributed by atoms with E-state index in [1.54, 1.807) is 23.3 Å². The summed E-state index contributed by atoms with van der Waals surface area (Å²) in [6, 6.07) is 9.71. The summed E-state index contributed by atoms with van der Waals surface area (Å²) in [6.45, 7) is 2.52. The highest BCUT2D eigenvalue weighted by atomic mass is 32.1. The van der Waals surface area contributed by atoms with Crippen LogP contribution in [0.15, 0.2) is 41.1 Å². The van der Waals surface area contributed by atoms with Crippen molar-refractivity contribution < 1.29 is 19.1 Å². The Kier molecular flexibility index (Phi) is 6.46. The molecule has 1 unspecified atom stereocenters. The van der Waals surface area contributed by atoms with Gasteiger partial charge in [-0.1, -0.05) is 19.1 Å². The Morgan fingerprint density at radius 2 is 1.96 bits per heavy atom. The molecular formula is C21H24N2O4S. The zero-order chi connectivity index (χ0) is 20.1. The third-order valence-corrected chi connectivity index (χ3v) is 5.61. The molecule has 0 aliphatic carbocycles. The fourth-order valence-electron chi connectivity index (χ4n) is 3.13. The number of thiophene rings is 1. The lowest BCUT2D eigenvalue weighted by atomic mass is 10.1. The van der Waals surface area contributed by atoms with Gasteiger partial charge in [0, 0.05) is 32.2 Å². The Balaban J connectivity index is 1.50. The standard InChI is InChI=1S/C21H24N2O4S/c1-3-15-4-6-18(7-5-15)23-12-17(10-19(23)24)21(26)27-13-20(25)22(2)11-16-8-9-28-14-16/h4-9,14,17H,3,10-13H2,1-2H3. The van der Waals surface area contributed by atoms with Gasteiger partial charge >= 0.3 is 5.97 Å². The number of carbonyl (C=O) groups is 3. The van der Waals surface area contributed by atoms with Crippen molar-refractivity contribution in [1.82, 2.24) is 4.90 Å². The van der Waals surface area contributed by atoms with Crippen LogP contribution in [0.25, 0.3) is 0 Å². The van der Waals surface area contributed by atoms with E-state index in [1.807, 2.05) is 41.1 Å². The second-order valence-electron chi connectivity index (χ2n) is 6.91. The maximum atomic E-state index is 12.3. The third kappa shape index (κ3) is 4.78. The van der Waals surface area contributed by atoms with E-state index in [9.17, 15) is 14.4 Å². The number of esters is 1. The van der Waals surface area contributed by atoms with Crippen molar-refractivity contribution in [3.8, 4) is 0 Å². The molecule has 0 bridgehead atoms. The average molecular weight is 401 g/mol. The van der Waals surface area contributed by atoms with Crippen LogP contribution in [0.1, 0.15) is 24.5 Å². The van der Waals surface area contributed by atoms with Gasteiger partial charge in [-0.05, 0) is 46.5 Å². The predicted molar refractivity (Wildman–Crippen MR) is 108 cm³/mol. The van der Waals surface area contributed by atoms with Gasteiger partial charge in [-0.3, -0.25) is 14.4 Å². The molecule has 28 heavy (non-hydrogen) atoms. The van der Waals surface area contributed by atoms with Crippen molar-refractivity contribution in [1.29, 1.82) is 0 Å². The van der Waals surface area contributed by atoms with Crippen LogP contribution < -0.4 is 4.90 Å². The molecule has 6 nitrogen and oxygen atoms in total. The quantitative estimate of drug-likeness (QED) is 0.671. The molecule has 1 fully saturated rings. The lowest BCUT2D eigenvalue weighted by Crippen LogP contribution is -2.32. The highest BCUT2D eigenvalue weighted by Gasteiger charge is 2.36. The molecule has 7 heteroatoms. The minimum atomic E-state index is -0.548. The van der Waals surface area contributed by atoms with Crippen LogP contribution >= 0.6 is 11.3 Å². The second kappa shape index (κ2) is 9.01. The Hall–Kier alpha value is -2.67. The minimum absolute atomic E-state index is 0.104. The van der Waals surface area contributed by atoms with Gasteiger partial charge in [-0.15, -0.1) is 0 Å². The molecule has 1 atom stereocenters. The fraction of sp³-hybridized carbons (Fsp3) is 0.381. The van der Waals surface area contributed by atoms with Crippen LogP contribution in [0, 0.1) is 5.92 Å². The number of amides is 2. The summed E-state index contributed by atoms with van der Waals surface area (Å²) in [6.07, 6.45) is 1.03. The highest BCUT2D eigenvalue weighted by molar-refractivity contribution is 7.07. The zero-order valence-corrected chi connectivity index (χ0v) is 16.9. The summed E-state index contributed by atoms with van der Waals surface area (Å²) >= 11 is 1.57. The van der Waals surface area contributed by atoms with Gasteiger partial charge in [0.2, 0.25) is 5.91 Å². The molecule has 2 amide bonds. The Bertz CT molecular complexity index is 833. The van der Waals surface area contributed by atoms with Crippen molar-refractivity contribution >= 4 is 34.8 Å². The van der Waals surface area contributed by atoms with E-state index in [1.165, 1.54) is 10.5 Å². The monoisotopic (exact) mass is 400 g/mol. The van der Waals surface area contributed by atoms with Crippen LogP contribution in [0.5, 0.6) is 0 Å². The molecule has 1 aliphatic heterocycles. The number of anilines is 1. The number of likely N-dealkylation sites (N-methyl/N-ethyl adjacent to an activating group) is 1. The maximum absolute atomic E-state index is 12.3. The van der Waals surface area contributed by atoms with Gasteiger partial charge in [-0.25, -0.2) is 0 Å². The van der Waals surface area contributed by atoms with Gasteiger partial charge in [0.05, 0.1) is 5.92 Å². The van der Waals surface area contributed by atoms with Gasteiger partial charge in [0.1, 0.15) is 0 Å². The number of hydrogen-bond donors (Lipinski definition) is 0. The first-order valence-electron chi connectivity index (χ1n) is 9.29. The van der Waals surface area contributed by atoms with E-state index < -0.39 is 11.9 Å². The molecule has 1 saturated heterocycles. The summed E-state index contributed by atoms with van der Waals surface area (Å²) in [5, 5.41) is 3.92. The maximum Gasteiger partial charge on any atom is 0.311 e. The van der Waals surface area contributed by atoms with Crippen molar-refractivity contribution in [2.24, 2.45) is 5.92 Å². The first-order valence-corrected chi connectivity index (χ1v) is 10.2. The lowest BCUT2D eigenvalue weighted by molar-refractivity contribution is -0.155. The molecule has 0 radical (unpaired) electrons. The van der Waals surface area contributed by atoms with Crippen LogP contribution in [0.3, 0.4) is 0 Å². The Morgan fingerprint density at radius 3 is 2.61 bits per heavy atom. The fourth-order valence-corrected chi connectivity index (χ4v) is 3.79. The number of hydrogen-bond acceptors (Lipinski definition) is 5. The van der Waals surface area contributed by atoms with Crippen LogP contribution in [0.2, 0.25) is 0 Å². The molecule has 148 valence electrons. The van der Waals surface area contributed by atoms with Gasteiger partial charge in [0.15, 0.2) is 6.61 Å². The van der Waals surface area contributed by atoms with E-state index in [0.717, 1.165) is 17.7 Å². The van der Waals surface area contributed by atoms with Crippen LogP contribution in [-0.4, -0.2) is 42.9 Å². The molecule has 0 saturated carbocycles. The average Bonchev–Trinajstić information content (AvgIpc) is 3.35. The van der Waals surface area contributed by atoms with E-state index in [0.29, 0.717) is 6.54 Å². The van der Waals surface area contributed by atoms with Crippen molar-refractivity contribution in [2.45, 2.75) is 26.3 Å². The molecule has 0 spiro atoms. The minimum Gasteiger partial charge on any atom is -0.455 e. The van der Waals surface area contributed by atoms with Crippen molar-refractivity contribution in [3.63, 3.8) is 0 Å². The SMILES string of the molecule is CCc1ccc(N2CC(C(=O)OCC(=O)N(C)Cc3ccsc3)CC2=O)cc1. The number of benzene rings is 1. The summed E-state index contributed by atoms with van der Waals surface area (Å²) in [7, 11) is 1.68. The van der Waals surface area contributed by atoms with Crippen LogP contribution in [0.4, 0.5) is 5.69 Å². The molecule has 2 aromatic rings. The van der Waals surface area contributed by atoms with Gasteiger partial charge in [0.25, 0.3) is 5.91 Å². The van der Waals surface area contributed by atoms with E-state index in [2.05, 4.69) is 6.92 Å². The largest absolute Gasteiger partial charge is 0.455 e. The number of rotatable bonds is 7. The lowest BCUT2D eigenvalue weighted by Gasteiger charge is -2.18. The molecule has 3 rings (SSSR count). The number of carbonyl (C=O) groups excluding carboxylic acids is 3. The summed E-state index contributed by atoms with van der Waals surface area (Å²) in [4.78, 5) is 40.0. The molecule has 1 aliphatic rings. The Labute approximate surface area is 168 Å². The number of ether oxygens (including phenoxy) is 1. The third-order valence-electron chi connectivity index (χ3n) is 4.88. The van der Waals surface area contributed by atoms with Gasteiger partial charge in [-0.2, -0.15) is 11.3 Å². The summed E-state index contributed by atoms with van der Waals surface area (Å²) in [5.74, 6) is -1.42. The molecule has 1 aromatic carbocycles. The molecule has 0 N–H and O–H groups in total. The smallest absolute Gasteiger partial charge is 0.311 e. The summed E-state index contributed by atoms with van der Waals surface area (Å²) < 4.78 is 5.19. The second-order valence-corrected chi connectivity index (χ2v) is 7.69. The topological polar surface area (TPSA) is 66.9 Å². The van der Waals surface area contributed by atoms with Crippen LogP contribution in [-0.2, 0) is 32.1 Å². The van der Waals surface area contributed by atoms with Gasteiger partial charge < -0.3 is 14.5 Å². The zero-order valence-electron chi connectivity index (χ0n) is 16.1. The Morgan fingerprint density at radius 1 is 1.21 bits per heavy atom. The van der Waals surface area contributed by atoms with Crippen molar-refractivity contribution in [2.75, 3.05) is 25.1 Å². The summed E-state index contributed by atoms with van der Waals surface area (Å²) in [5.41, 5.74) is 3.01. The first kappa shape index (κ1) is 20.1. The van der Waals surface area contributed by atoms with E-state index in [4.69, 9.17) is 4.74 Å². The molecule has 2 heterocycles. The molecular weight excluding hydrogens is 376 g/mol. The van der Waals surface area contributed by atoms with E-state index >= 15 is 0 Å². The molecule has 1 aromatic heterocycles. The first-order chi connectivity index (χ1) is 13.5. The number of nitrogens with zero attached hydrogens (tertiary/aromatic N) is 2. The predicted octanol–water partition coefficient (Wildman–Crippen LogP) is 2.87. The normalized spacial score (nSPS) is 16.3. The highest BCUT2D eigenvalue weighted by Crippen LogP contribution is 2.26. The van der Waals surface area contributed by atoms with Crippen molar-refractivity contribution in [3.05, 3.63) is 52.2 Å².